The Labute approximate surface area is 147 Å². The first kappa shape index (κ1) is 15.4. The average molecular weight is 334 g/mol. The zero-order valence-electron chi connectivity index (χ0n) is 14.0. The molecule has 0 amide bonds. The maximum atomic E-state index is 4.74. The molecule has 0 radical (unpaired) electrons. The number of aryl methyl sites for hydroxylation is 1. The van der Waals surface area contributed by atoms with Crippen molar-refractivity contribution >= 4 is 39.4 Å². The molecule has 0 saturated carbocycles. The Bertz CT molecular complexity index is 855. The molecule has 0 spiro atoms. The summed E-state index contributed by atoms with van der Waals surface area (Å²) in [6, 6.07) is 15.3. The molecule has 1 aromatic heterocycles. The Morgan fingerprint density at radius 1 is 0.958 bits per heavy atom. The van der Waals surface area contributed by atoms with Crippen LogP contribution in [0.15, 0.2) is 42.5 Å². The number of nitrogens with zero attached hydrogens (tertiary/aromatic N) is 2. The van der Waals surface area contributed by atoms with Gasteiger partial charge in [0.15, 0.2) is 0 Å². The van der Waals surface area contributed by atoms with Gasteiger partial charge < -0.3 is 4.90 Å². The largest absolute Gasteiger partial charge is 0.372 e. The van der Waals surface area contributed by atoms with Crippen LogP contribution in [0.4, 0.5) is 5.69 Å². The van der Waals surface area contributed by atoms with E-state index < -0.39 is 0 Å². The molecule has 3 aromatic rings. The number of rotatable bonds is 3. The van der Waals surface area contributed by atoms with Crippen molar-refractivity contribution in [2.45, 2.75) is 26.2 Å². The number of fused-ring (bicyclic) bond motifs is 1. The molecule has 3 heteroatoms. The van der Waals surface area contributed by atoms with Crippen LogP contribution in [0.25, 0.3) is 22.4 Å². The average Bonchev–Trinajstić information content (AvgIpc) is 3.06. The van der Waals surface area contributed by atoms with Crippen LogP contribution in [0.1, 0.15) is 35.4 Å². The number of anilines is 1. The fourth-order valence-corrected chi connectivity index (χ4v) is 4.24. The summed E-state index contributed by atoms with van der Waals surface area (Å²) in [5.41, 5.74) is 4.95. The molecule has 4 rings (SSSR count). The van der Waals surface area contributed by atoms with E-state index in [2.05, 4.69) is 66.4 Å². The van der Waals surface area contributed by atoms with E-state index in [1.54, 1.807) is 11.3 Å². The van der Waals surface area contributed by atoms with Gasteiger partial charge in [-0.3, -0.25) is 0 Å². The van der Waals surface area contributed by atoms with E-state index in [0.29, 0.717) is 0 Å². The van der Waals surface area contributed by atoms with Crippen molar-refractivity contribution in [2.24, 2.45) is 0 Å². The minimum Gasteiger partial charge on any atom is -0.372 e. The van der Waals surface area contributed by atoms with Crippen LogP contribution < -0.4 is 4.90 Å². The van der Waals surface area contributed by atoms with Gasteiger partial charge in [0.2, 0.25) is 0 Å². The standard InChI is InChI=1S/C21H22N2S/c1-16-6-5-7-19-21(16)22-20(24-19)13-10-17-8-11-18(12-9-17)23-14-3-2-4-15-23/h5-13H,2-4,14-15H2,1H3. The highest BCUT2D eigenvalue weighted by molar-refractivity contribution is 7.19. The molecule has 1 aliphatic heterocycles. The van der Waals surface area contributed by atoms with Crippen LogP contribution in [-0.2, 0) is 0 Å². The first-order chi connectivity index (χ1) is 11.8. The first-order valence-corrected chi connectivity index (χ1v) is 9.50. The summed E-state index contributed by atoms with van der Waals surface area (Å²) >= 11 is 1.75. The highest BCUT2D eigenvalue weighted by Crippen LogP contribution is 2.26. The van der Waals surface area contributed by atoms with Crippen molar-refractivity contribution in [3.63, 3.8) is 0 Å². The lowest BCUT2D eigenvalue weighted by molar-refractivity contribution is 0.578. The Morgan fingerprint density at radius 2 is 1.75 bits per heavy atom. The van der Waals surface area contributed by atoms with E-state index in [-0.39, 0.29) is 0 Å². The van der Waals surface area contributed by atoms with Gasteiger partial charge in [0.1, 0.15) is 5.01 Å². The van der Waals surface area contributed by atoms with Crippen molar-refractivity contribution in [2.75, 3.05) is 18.0 Å². The molecule has 0 unspecified atom stereocenters. The smallest absolute Gasteiger partial charge is 0.117 e. The number of piperidine rings is 1. The van der Waals surface area contributed by atoms with Crippen LogP contribution in [-0.4, -0.2) is 18.1 Å². The number of hydrogen-bond acceptors (Lipinski definition) is 3. The third kappa shape index (κ3) is 3.22. The molecule has 0 aliphatic carbocycles. The Hall–Kier alpha value is -2.13. The highest BCUT2D eigenvalue weighted by atomic mass is 32.1. The molecule has 1 saturated heterocycles. The summed E-state index contributed by atoms with van der Waals surface area (Å²) in [5, 5.41) is 1.07. The van der Waals surface area contributed by atoms with Gasteiger partial charge in [0, 0.05) is 18.8 Å². The molecule has 2 heterocycles. The summed E-state index contributed by atoms with van der Waals surface area (Å²) in [5.74, 6) is 0. The van der Waals surface area contributed by atoms with Crippen molar-refractivity contribution in [1.29, 1.82) is 0 Å². The van der Waals surface area contributed by atoms with Crippen molar-refractivity contribution < 1.29 is 0 Å². The second kappa shape index (κ2) is 6.78. The highest BCUT2D eigenvalue weighted by Gasteiger charge is 2.10. The topological polar surface area (TPSA) is 16.1 Å². The van der Waals surface area contributed by atoms with Crippen LogP contribution in [0.2, 0.25) is 0 Å². The van der Waals surface area contributed by atoms with Gasteiger partial charge >= 0.3 is 0 Å². The van der Waals surface area contributed by atoms with Crippen molar-refractivity contribution in [3.8, 4) is 0 Å². The van der Waals surface area contributed by atoms with Crippen molar-refractivity contribution in [1.82, 2.24) is 4.98 Å². The summed E-state index contributed by atoms with van der Waals surface area (Å²) in [4.78, 5) is 7.24. The molecular formula is C21H22N2S. The normalized spacial score (nSPS) is 15.5. The quantitative estimate of drug-likeness (QED) is 0.605. The fraction of sp³-hybridized carbons (Fsp3) is 0.286. The molecule has 2 nitrogen and oxygen atoms in total. The third-order valence-electron chi connectivity index (χ3n) is 4.67. The Balaban J connectivity index is 1.51. The molecule has 1 aliphatic rings. The van der Waals surface area contributed by atoms with Crippen LogP contribution in [0.3, 0.4) is 0 Å². The Morgan fingerprint density at radius 3 is 2.50 bits per heavy atom. The predicted molar refractivity (Wildman–Crippen MR) is 106 cm³/mol. The van der Waals surface area contributed by atoms with Gasteiger partial charge in [0.25, 0.3) is 0 Å². The predicted octanol–water partition coefficient (Wildman–Crippen LogP) is 5.77. The molecule has 0 N–H and O–H groups in total. The van der Waals surface area contributed by atoms with Gasteiger partial charge in [0.05, 0.1) is 10.2 Å². The molecular weight excluding hydrogens is 312 g/mol. The van der Waals surface area contributed by atoms with E-state index in [4.69, 9.17) is 4.98 Å². The number of thiazole rings is 1. The van der Waals surface area contributed by atoms with E-state index >= 15 is 0 Å². The summed E-state index contributed by atoms with van der Waals surface area (Å²) < 4.78 is 1.26. The molecule has 0 atom stereocenters. The van der Waals surface area contributed by atoms with E-state index in [1.807, 2.05) is 0 Å². The fourth-order valence-electron chi connectivity index (χ4n) is 3.29. The number of aromatic nitrogens is 1. The zero-order valence-corrected chi connectivity index (χ0v) is 14.9. The second-order valence-electron chi connectivity index (χ2n) is 6.45. The lowest BCUT2D eigenvalue weighted by Crippen LogP contribution is -2.29. The summed E-state index contributed by atoms with van der Waals surface area (Å²) in [6.45, 7) is 4.51. The molecule has 24 heavy (non-hydrogen) atoms. The molecule has 2 aromatic carbocycles. The van der Waals surface area contributed by atoms with Crippen LogP contribution >= 0.6 is 11.3 Å². The molecule has 0 bridgehead atoms. The Kier molecular flexibility index (Phi) is 4.35. The third-order valence-corrected chi connectivity index (χ3v) is 5.66. The van der Waals surface area contributed by atoms with Gasteiger partial charge in [-0.2, -0.15) is 0 Å². The minimum atomic E-state index is 1.07. The number of para-hydroxylation sites is 1. The van der Waals surface area contributed by atoms with Crippen LogP contribution in [0.5, 0.6) is 0 Å². The molecule has 1 fully saturated rings. The summed E-state index contributed by atoms with van der Waals surface area (Å²) in [6.07, 6.45) is 8.29. The first-order valence-electron chi connectivity index (χ1n) is 8.69. The summed E-state index contributed by atoms with van der Waals surface area (Å²) in [7, 11) is 0. The van der Waals surface area contributed by atoms with Gasteiger partial charge in [-0.1, -0.05) is 30.3 Å². The number of benzene rings is 2. The second-order valence-corrected chi connectivity index (χ2v) is 7.51. The monoisotopic (exact) mass is 334 g/mol. The van der Waals surface area contributed by atoms with Gasteiger partial charge in [-0.05, 0) is 61.6 Å². The lowest BCUT2D eigenvalue weighted by atomic mass is 10.1. The van der Waals surface area contributed by atoms with Crippen LogP contribution in [0, 0.1) is 6.92 Å². The van der Waals surface area contributed by atoms with E-state index in [1.165, 1.54) is 53.9 Å². The molecule has 122 valence electrons. The van der Waals surface area contributed by atoms with Gasteiger partial charge in [-0.25, -0.2) is 4.98 Å². The number of hydrogen-bond donors (Lipinski definition) is 0. The van der Waals surface area contributed by atoms with E-state index in [9.17, 15) is 0 Å². The SMILES string of the molecule is Cc1cccc2sc(C=Cc3ccc(N4CCCCC4)cc3)nc12. The maximum Gasteiger partial charge on any atom is 0.117 e. The zero-order chi connectivity index (χ0) is 16.4. The lowest BCUT2D eigenvalue weighted by Gasteiger charge is -2.28. The van der Waals surface area contributed by atoms with Gasteiger partial charge in [-0.15, -0.1) is 11.3 Å². The maximum absolute atomic E-state index is 4.74. The van der Waals surface area contributed by atoms with Crippen molar-refractivity contribution in [3.05, 3.63) is 58.6 Å². The minimum absolute atomic E-state index is 1.07. The van der Waals surface area contributed by atoms with E-state index in [0.717, 1.165) is 10.5 Å².